The van der Waals surface area contributed by atoms with Gasteiger partial charge >= 0.3 is 11.7 Å². The Bertz CT molecular complexity index is 406. The Morgan fingerprint density at radius 2 is 2.20 bits per heavy atom. The van der Waals surface area contributed by atoms with Crippen molar-refractivity contribution in [3.8, 4) is 0 Å². The summed E-state index contributed by atoms with van der Waals surface area (Å²) in [4.78, 5) is 29.5. The van der Waals surface area contributed by atoms with E-state index in [1.54, 1.807) is 20.8 Å². The fraction of sp³-hybridized carbons (Fsp3) is 0.556. The maximum atomic E-state index is 11.3. The second-order valence-electron chi connectivity index (χ2n) is 4.01. The Kier molecular flexibility index (Phi) is 3.18. The predicted molar refractivity (Wildman–Crippen MR) is 52.1 cm³/mol. The number of carbonyl (C=O) groups is 1. The first-order valence-corrected chi connectivity index (χ1v) is 4.47. The van der Waals surface area contributed by atoms with Crippen molar-refractivity contribution in [2.45, 2.75) is 32.9 Å². The highest BCUT2D eigenvalue weighted by molar-refractivity contribution is 5.69. The van der Waals surface area contributed by atoms with Crippen LogP contribution in [0, 0.1) is 0 Å². The van der Waals surface area contributed by atoms with Gasteiger partial charge in [-0.05, 0) is 20.8 Å². The van der Waals surface area contributed by atoms with Crippen LogP contribution in [0.1, 0.15) is 20.8 Å². The summed E-state index contributed by atoms with van der Waals surface area (Å²) in [6.45, 7) is 5.11. The molecule has 0 aliphatic carbocycles. The van der Waals surface area contributed by atoms with E-state index in [9.17, 15) is 9.59 Å². The van der Waals surface area contributed by atoms with Crippen molar-refractivity contribution in [3.63, 3.8) is 0 Å². The molecule has 6 nitrogen and oxygen atoms in total. The summed E-state index contributed by atoms with van der Waals surface area (Å²) in [5.74, 6) is -0.487. The van der Waals surface area contributed by atoms with Crippen LogP contribution < -0.4 is 5.69 Å². The maximum absolute atomic E-state index is 11.3. The van der Waals surface area contributed by atoms with Gasteiger partial charge in [0.15, 0.2) is 0 Å². The highest BCUT2D eigenvalue weighted by atomic mass is 16.6. The molecule has 0 aliphatic heterocycles. The van der Waals surface area contributed by atoms with E-state index >= 15 is 0 Å². The van der Waals surface area contributed by atoms with Gasteiger partial charge in [-0.3, -0.25) is 9.36 Å². The molecule has 1 rings (SSSR count). The second-order valence-corrected chi connectivity index (χ2v) is 4.01. The lowest BCUT2D eigenvalue weighted by Gasteiger charge is -2.19. The van der Waals surface area contributed by atoms with Crippen LogP contribution in [-0.2, 0) is 16.1 Å². The maximum Gasteiger partial charge on any atom is 0.350 e. The Hall–Kier alpha value is -1.72. The average molecular weight is 211 g/mol. The van der Waals surface area contributed by atoms with Crippen LogP contribution in [0.2, 0.25) is 0 Å². The molecular formula is C9H13N3O3. The van der Waals surface area contributed by atoms with Crippen LogP contribution >= 0.6 is 0 Å². The van der Waals surface area contributed by atoms with Gasteiger partial charge in [0.05, 0.1) is 0 Å². The number of carbonyl (C=O) groups excluding carboxylic acids is 1. The van der Waals surface area contributed by atoms with E-state index in [1.807, 2.05) is 0 Å². The molecule has 1 heterocycles. The van der Waals surface area contributed by atoms with Gasteiger partial charge in [0.25, 0.3) is 0 Å². The normalized spacial score (nSPS) is 11.1. The van der Waals surface area contributed by atoms with E-state index in [0.29, 0.717) is 0 Å². The lowest BCUT2D eigenvalue weighted by atomic mass is 10.2. The third kappa shape index (κ3) is 3.88. The number of esters is 1. The highest BCUT2D eigenvalue weighted by Gasteiger charge is 2.16. The standard InChI is InChI=1S/C9H13N3O3/c1-9(2,3)15-7(13)4-12-6-10-5-11-8(12)14/h5-6H,4H2,1-3H3. The van der Waals surface area contributed by atoms with Crippen molar-refractivity contribution >= 4 is 5.97 Å². The summed E-state index contributed by atoms with van der Waals surface area (Å²) in [7, 11) is 0. The molecule has 0 radical (unpaired) electrons. The smallest absolute Gasteiger partial charge is 0.350 e. The van der Waals surface area contributed by atoms with Crippen molar-refractivity contribution < 1.29 is 9.53 Å². The molecule has 0 unspecified atom stereocenters. The third-order valence-corrected chi connectivity index (χ3v) is 1.41. The van der Waals surface area contributed by atoms with E-state index < -0.39 is 17.3 Å². The third-order valence-electron chi connectivity index (χ3n) is 1.41. The van der Waals surface area contributed by atoms with E-state index in [1.165, 1.54) is 6.33 Å². The molecule has 0 N–H and O–H groups in total. The Labute approximate surface area is 86.9 Å². The molecule has 0 spiro atoms. The number of rotatable bonds is 2. The summed E-state index contributed by atoms with van der Waals surface area (Å²) >= 11 is 0. The molecule has 6 heteroatoms. The summed E-state index contributed by atoms with van der Waals surface area (Å²) < 4.78 is 6.13. The predicted octanol–water partition coefficient (Wildman–Crippen LogP) is -0.0200. The van der Waals surface area contributed by atoms with Gasteiger partial charge in [-0.15, -0.1) is 0 Å². The molecule has 0 amide bonds. The molecule has 0 saturated heterocycles. The Morgan fingerprint density at radius 3 is 2.73 bits per heavy atom. The van der Waals surface area contributed by atoms with Crippen LogP contribution in [0.3, 0.4) is 0 Å². The van der Waals surface area contributed by atoms with Crippen LogP contribution in [-0.4, -0.2) is 26.1 Å². The zero-order chi connectivity index (χ0) is 11.5. The van der Waals surface area contributed by atoms with Crippen LogP contribution in [0.25, 0.3) is 0 Å². The highest BCUT2D eigenvalue weighted by Crippen LogP contribution is 2.06. The molecule has 0 atom stereocenters. The summed E-state index contributed by atoms with van der Waals surface area (Å²) in [6.07, 6.45) is 2.38. The van der Waals surface area contributed by atoms with Gasteiger partial charge in [0.1, 0.15) is 24.8 Å². The molecule has 0 bridgehead atoms. The number of ether oxygens (including phenoxy) is 1. The van der Waals surface area contributed by atoms with E-state index in [2.05, 4.69) is 9.97 Å². The van der Waals surface area contributed by atoms with Gasteiger partial charge < -0.3 is 4.74 Å². The molecule has 0 saturated carbocycles. The first-order valence-electron chi connectivity index (χ1n) is 4.47. The number of hydrogen-bond donors (Lipinski definition) is 0. The molecule has 1 aromatic rings. The molecular weight excluding hydrogens is 198 g/mol. The number of hydrogen-bond acceptors (Lipinski definition) is 5. The van der Waals surface area contributed by atoms with Crippen molar-refractivity contribution in [2.75, 3.05) is 0 Å². The van der Waals surface area contributed by atoms with E-state index in [-0.39, 0.29) is 6.54 Å². The molecule has 82 valence electrons. The monoisotopic (exact) mass is 211 g/mol. The molecule has 1 aromatic heterocycles. The SMILES string of the molecule is CC(C)(C)OC(=O)Cn1cncnc1=O. The zero-order valence-electron chi connectivity index (χ0n) is 8.93. The molecule has 0 aromatic carbocycles. The van der Waals surface area contributed by atoms with Crippen LogP contribution in [0.15, 0.2) is 17.4 Å². The first kappa shape index (κ1) is 11.4. The molecule has 0 fully saturated rings. The fourth-order valence-electron chi connectivity index (χ4n) is 0.938. The van der Waals surface area contributed by atoms with Crippen molar-refractivity contribution in [3.05, 3.63) is 23.1 Å². The lowest BCUT2D eigenvalue weighted by molar-refractivity contribution is -0.155. The van der Waals surface area contributed by atoms with Gasteiger partial charge in [0, 0.05) is 0 Å². The fourth-order valence-corrected chi connectivity index (χ4v) is 0.938. The average Bonchev–Trinajstić information content (AvgIpc) is 2.05. The van der Waals surface area contributed by atoms with Crippen molar-refractivity contribution in [1.82, 2.24) is 14.5 Å². The first-order chi connectivity index (χ1) is 6.88. The topological polar surface area (TPSA) is 74.1 Å². The second kappa shape index (κ2) is 4.20. The lowest BCUT2D eigenvalue weighted by Crippen LogP contribution is -2.31. The minimum atomic E-state index is -0.559. The van der Waals surface area contributed by atoms with Crippen LogP contribution in [0.4, 0.5) is 0 Å². The van der Waals surface area contributed by atoms with Gasteiger partial charge in [-0.1, -0.05) is 0 Å². The minimum Gasteiger partial charge on any atom is -0.459 e. The molecule has 0 aliphatic rings. The summed E-state index contributed by atoms with van der Waals surface area (Å²) in [5.41, 5.74) is -1.08. The van der Waals surface area contributed by atoms with Gasteiger partial charge in [-0.25, -0.2) is 9.78 Å². The molecule has 15 heavy (non-hydrogen) atoms. The van der Waals surface area contributed by atoms with Gasteiger partial charge in [-0.2, -0.15) is 4.98 Å². The van der Waals surface area contributed by atoms with E-state index in [0.717, 1.165) is 10.9 Å². The minimum absolute atomic E-state index is 0.170. The van der Waals surface area contributed by atoms with Crippen molar-refractivity contribution in [2.24, 2.45) is 0 Å². The Balaban J connectivity index is 2.68. The summed E-state index contributed by atoms with van der Waals surface area (Å²) in [6, 6.07) is 0. The van der Waals surface area contributed by atoms with Gasteiger partial charge in [0.2, 0.25) is 0 Å². The largest absolute Gasteiger partial charge is 0.459 e. The van der Waals surface area contributed by atoms with Crippen LogP contribution in [0.5, 0.6) is 0 Å². The van der Waals surface area contributed by atoms with E-state index in [4.69, 9.17) is 4.74 Å². The Morgan fingerprint density at radius 1 is 1.53 bits per heavy atom. The number of nitrogens with zero attached hydrogens (tertiary/aromatic N) is 3. The summed E-state index contributed by atoms with van der Waals surface area (Å²) in [5, 5.41) is 0. The number of aromatic nitrogens is 3. The van der Waals surface area contributed by atoms with Crippen molar-refractivity contribution in [1.29, 1.82) is 0 Å². The zero-order valence-corrected chi connectivity index (χ0v) is 8.93. The quantitative estimate of drug-likeness (QED) is 0.643.